The van der Waals surface area contributed by atoms with Gasteiger partial charge in [0.25, 0.3) is 0 Å². The van der Waals surface area contributed by atoms with Gasteiger partial charge in [-0.05, 0) is 49.4 Å². The molecular formula is C26H33FN2O2S. The fourth-order valence-corrected chi connectivity index (χ4v) is 4.93. The van der Waals surface area contributed by atoms with Gasteiger partial charge in [0.05, 0.1) is 5.75 Å². The van der Waals surface area contributed by atoms with Crippen LogP contribution in [0.1, 0.15) is 50.2 Å². The molecule has 4 nitrogen and oxygen atoms in total. The predicted octanol–water partition coefficient (Wildman–Crippen LogP) is 4.97. The maximum atomic E-state index is 13.1. The van der Waals surface area contributed by atoms with Crippen LogP contribution in [-0.4, -0.2) is 41.1 Å². The van der Waals surface area contributed by atoms with Crippen LogP contribution in [0.4, 0.5) is 4.39 Å². The topological polar surface area (TPSA) is 49.4 Å². The fraction of sp³-hybridized carbons (Fsp3) is 0.462. The van der Waals surface area contributed by atoms with Crippen LogP contribution in [0.25, 0.3) is 0 Å². The second-order valence-corrected chi connectivity index (χ2v) is 9.45. The Bertz CT molecular complexity index is 854. The van der Waals surface area contributed by atoms with Gasteiger partial charge in [0, 0.05) is 18.3 Å². The highest BCUT2D eigenvalue weighted by Gasteiger charge is 2.27. The summed E-state index contributed by atoms with van der Waals surface area (Å²) in [5, 5.41) is 3.16. The Morgan fingerprint density at radius 2 is 1.72 bits per heavy atom. The molecule has 2 amide bonds. The summed E-state index contributed by atoms with van der Waals surface area (Å²) in [5.74, 6) is 0.537. The van der Waals surface area contributed by atoms with Crippen molar-refractivity contribution >= 4 is 23.6 Å². The first-order valence-corrected chi connectivity index (χ1v) is 12.6. The zero-order chi connectivity index (χ0) is 22.8. The summed E-state index contributed by atoms with van der Waals surface area (Å²) in [6, 6.07) is 16.1. The Morgan fingerprint density at radius 3 is 2.41 bits per heavy atom. The van der Waals surface area contributed by atoms with E-state index >= 15 is 0 Å². The van der Waals surface area contributed by atoms with Gasteiger partial charge in [0.1, 0.15) is 11.9 Å². The van der Waals surface area contributed by atoms with E-state index in [1.807, 2.05) is 37.3 Å². The first kappa shape index (κ1) is 24.3. The average molecular weight is 457 g/mol. The molecule has 1 atom stereocenters. The second kappa shape index (κ2) is 12.6. The van der Waals surface area contributed by atoms with E-state index in [9.17, 15) is 14.0 Å². The van der Waals surface area contributed by atoms with E-state index in [1.54, 1.807) is 17.0 Å². The molecule has 1 aliphatic carbocycles. The third kappa shape index (κ3) is 7.66. The summed E-state index contributed by atoms with van der Waals surface area (Å²) in [5.41, 5.74) is 2.12. The maximum Gasteiger partial charge on any atom is 0.242 e. The molecule has 0 unspecified atom stereocenters. The molecule has 0 bridgehead atoms. The number of thioether (sulfide) groups is 1. The van der Waals surface area contributed by atoms with Crippen LogP contribution in [0, 0.1) is 5.82 Å². The van der Waals surface area contributed by atoms with Gasteiger partial charge in [0.2, 0.25) is 11.8 Å². The lowest BCUT2D eigenvalue weighted by Crippen LogP contribution is -2.51. The van der Waals surface area contributed by atoms with Crippen molar-refractivity contribution in [1.82, 2.24) is 10.2 Å². The van der Waals surface area contributed by atoms with E-state index in [0.29, 0.717) is 18.7 Å². The molecule has 2 aromatic carbocycles. The van der Waals surface area contributed by atoms with E-state index in [4.69, 9.17) is 0 Å². The van der Waals surface area contributed by atoms with Gasteiger partial charge in [-0.2, -0.15) is 0 Å². The molecule has 0 saturated heterocycles. The zero-order valence-corrected chi connectivity index (χ0v) is 19.6. The van der Waals surface area contributed by atoms with Crippen LogP contribution in [-0.2, 0) is 21.8 Å². The molecule has 2 aromatic rings. The van der Waals surface area contributed by atoms with Crippen molar-refractivity contribution in [2.24, 2.45) is 0 Å². The molecule has 0 aromatic heterocycles. The Balaban J connectivity index is 1.59. The number of nitrogens with one attached hydrogen (secondary N) is 1. The Kier molecular flexibility index (Phi) is 9.60. The van der Waals surface area contributed by atoms with Crippen LogP contribution in [0.2, 0.25) is 0 Å². The minimum Gasteiger partial charge on any atom is -0.352 e. The third-order valence-corrected chi connectivity index (χ3v) is 7.00. The van der Waals surface area contributed by atoms with Gasteiger partial charge in [-0.3, -0.25) is 9.59 Å². The van der Waals surface area contributed by atoms with Crippen LogP contribution in [0.15, 0.2) is 54.6 Å². The molecule has 0 spiro atoms. The number of halogens is 1. The fourth-order valence-electron chi connectivity index (χ4n) is 4.06. The lowest BCUT2D eigenvalue weighted by atomic mass is 9.95. The normalized spacial score (nSPS) is 15.2. The molecule has 0 heterocycles. The maximum absolute atomic E-state index is 13.1. The van der Waals surface area contributed by atoms with Crippen molar-refractivity contribution in [2.45, 2.75) is 63.3 Å². The second-order valence-electron chi connectivity index (χ2n) is 8.46. The van der Waals surface area contributed by atoms with Gasteiger partial charge in [-0.25, -0.2) is 4.39 Å². The Hall–Kier alpha value is -2.34. The molecule has 1 aliphatic rings. The lowest BCUT2D eigenvalue weighted by molar-refractivity contribution is -0.138. The van der Waals surface area contributed by atoms with Crippen molar-refractivity contribution in [3.63, 3.8) is 0 Å². The average Bonchev–Trinajstić information content (AvgIpc) is 2.81. The van der Waals surface area contributed by atoms with Crippen LogP contribution in [0.3, 0.4) is 0 Å². The van der Waals surface area contributed by atoms with E-state index < -0.39 is 6.04 Å². The molecule has 3 rings (SSSR count). The first-order chi connectivity index (χ1) is 15.5. The smallest absolute Gasteiger partial charge is 0.242 e. The summed E-state index contributed by atoms with van der Waals surface area (Å²) < 4.78 is 13.1. The Morgan fingerprint density at radius 1 is 1.03 bits per heavy atom. The van der Waals surface area contributed by atoms with Gasteiger partial charge in [-0.15, -0.1) is 11.8 Å². The van der Waals surface area contributed by atoms with Crippen molar-refractivity contribution in [3.8, 4) is 0 Å². The van der Waals surface area contributed by atoms with Crippen molar-refractivity contribution < 1.29 is 14.0 Å². The highest BCUT2D eigenvalue weighted by atomic mass is 32.2. The van der Waals surface area contributed by atoms with Crippen LogP contribution in [0.5, 0.6) is 0 Å². The molecule has 1 saturated carbocycles. The van der Waals surface area contributed by atoms with Crippen molar-refractivity contribution in [1.29, 1.82) is 0 Å². The van der Waals surface area contributed by atoms with Crippen LogP contribution >= 0.6 is 11.8 Å². The van der Waals surface area contributed by atoms with E-state index in [-0.39, 0.29) is 29.4 Å². The van der Waals surface area contributed by atoms with E-state index in [1.165, 1.54) is 30.3 Å². The van der Waals surface area contributed by atoms with E-state index in [0.717, 1.165) is 36.8 Å². The Labute approximate surface area is 195 Å². The predicted molar refractivity (Wildman–Crippen MR) is 129 cm³/mol. The molecular weight excluding hydrogens is 423 g/mol. The molecule has 172 valence electrons. The van der Waals surface area contributed by atoms with Crippen molar-refractivity contribution in [2.75, 3.05) is 12.3 Å². The SMILES string of the molecule is C[C@@H](C(=O)NC1CCCCC1)N(CCc1ccccc1)C(=O)CSCc1ccc(F)cc1. The first-order valence-electron chi connectivity index (χ1n) is 11.5. The van der Waals surface area contributed by atoms with Gasteiger partial charge in [0.15, 0.2) is 0 Å². The van der Waals surface area contributed by atoms with Gasteiger partial charge < -0.3 is 10.2 Å². The number of amides is 2. The zero-order valence-electron chi connectivity index (χ0n) is 18.8. The number of hydrogen-bond donors (Lipinski definition) is 1. The molecule has 0 aliphatic heterocycles. The number of carbonyl (C=O) groups excluding carboxylic acids is 2. The lowest BCUT2D eigenvalue weighted by Gasteiger charge is -2.31. The number of carbonyl (C=O) groups is 2. The molecule has 1 N–H and O–H groups in total. The molecule has 0 radical (unpaired) electrons. The monoisotopic (exact) mass is 456 g/mol. The molecule has 1 fully saturated rings. The third-order valence-electron chi connectivity index (χ3n) is 6.01. The number of benzene rings is 2. The quantitative estimate of drug-likeness (QED) is 0.549. The largest absolute Gasteiger partial charge is 0.352 e. The summed E-state index contributed by atoms with van der Waals surface area (Å²) in [7, 11) is 0. The molecule has 6 heteroatoms. The number of rotatable bonds is 10. The number of nitrogens with zero attached hydrogens (tertiary/aromatic N) is 1. The summed E-state index contributed by atoms with van der Waals surface area (Å²) >= 11 is 1.49. The highest BCUT2D eigenvalue weighted by molar-refractivity contribution is 7.99. The highest BCUT2D eigenvalue weighted by Crippen LogP contribution is 2.19. The van der Waals surface area contributed by atoms with Gasteiger partial charge >= 0.3 is 0 Å². The minimum absolute atomic E-state index is 0.0423. The van der Waals surface area contributed by atoms with Crippen LogP contribution < -0.4 is 5.32 Å². The summed E-state index contributed by atoms with van der Waals surface area (Å²) in [6.07, 6.45) is 6.27. The van der Waals surface area contributed by atoms with Crippen molar-refractivity contribution in [3.05, 3.63) is 71.5 Å². The molecule has 32 heavy (non-hydrogen) atoms. The minimum atomic E-state index is -0.514. The van der Waals surface area contributed by atoms with Gasteiger partial charge in [-0.1, -0.05) is 61.7 Å². The van der Waals surface area contributed by atoms with E-state index in [2.05, 4.69) is 5.32 Å². The standard InChI is InChI=1S/C26H33FN2O2S/c1-20(26(31)28-24-10-6-3-7-11-24)29(17-16-21-8-4-2-5-9-21)25(30)19-32-18-22-12-14-23(27)15-13-22/h2,4-5,8-9,12-15,20,24H,3,6-7,10-11,16-19H2,1H3,(H,28,31)/t20-/m0/s1. The summed E-state index contributed by atoms with van der Waals surface area (Å²) in [6.45, 7) is 2.32. The number of hydrogen-bond acceptors (Lipinski definition) is 3. The summed E-state index contributed by atoms with van der Waals surface area (Å²) in [4.78, 5) is 27.8.